The van der Waals surface area contributed by atoms with Crippen molar-refractivity contribution in [1.82, 2.24) is 5.32 Å². The van der Waals surface area contributed by atoms with E-state index in [1.165, 1.54) is 12.8 Å². The standard InChI is InChI=1S/C11H22N2O/c1-8(2)9-6-10(7-9)13-5-3-4-11(12)14/h8-10,13H,3-7H2,1-2H3,(H2,12,14). The third-order valence-corrected chi connectivity index (χ3v) is 3.15. The number of carbonyl (C=O) groups is 1. The van der Waals surface area contributed by atoms with E-state index >= 15 is 0 Å². The molecule has 3 nitrogen and oxygen atoms in total. The summed E-state index contributed by atoms with van der Waals surface area (Å²) < 4.78 is 0. The summed E-state index contributed by atoms with van der Waals surface area (Å²) in [7, 11) is 0. The molecule has 0 aliphatic heterocycles. The molecule has 0 saturated heterocycles. The van der Waals surface area contributed by atoms with Crippen LogP contribution < -0.4 is 11.1 Å². The number of carbonyl (C=O) groups excluding carboxylic acids is 1. The van der Waals surface area contributed by atoms with E-state index in [9.17, 15) is 4.79 Å². The molecule has 1 saturated carbocycles. The van der Waals surface area contributed by atoms with Crippen LogP contribution in [0.25, 0.3) is 0 Å². The van der Waals surface area contributed by atoms with Gasteiger partial charge in [-0.05, 0) is 37.6 Å². The maximum Gasteiger partial charge on any atom is 0.217 e. The fraction of sp³-hybridized carbons (Fsp3) is 0.909. The highest BCUT2D eigenvalue weighted by Crippen LogP contribution is 2.33. The first-order valence-electron chi connectivity index (χ1n) is 5.61. The van der Waals surface area contributed by atoms with Gasteiger partial charge in [-0.1, -0.05) is 13.8 Å². The Morgan fingerprint density at radius 2 is 2.14 bits per heavy atom. The zero-order chi connectivity index (χ0) is 10.6. The third kappa shape index (κ3) is 3.66. The molecule has 1 fully saturated rings. The van der Waals surface area contributed by atoms with Crippen molar-refractivity contribution in [2.24, 2.45) is 17.6 Å². The fourth-order valence-electron chi connectivity index (χ4n) is 1.94. The summed E-state index contributed by atoms with van der Waals surface area (Å²) in [5.41, 5.74) is 5.05. The third-order valence-electron chi connectivity index (χ3n) is 3.15. The van der Waals surface area contributed by atoms with Crippen molar-refractivity contribution >= 4 is 5.91 Å². The molecular formula is C11H22N2O. The molecule has 0 atom stereocenters. The second kappa shape index (κ2) is 5.35. The van der Waals surface area contributed by atoms with Crippen LogP contribution in [0, 0.1) is 11.8 Å². The molecule has 3 heteroatoms. The number of rotatable bonds is 6. The van der Waals surface area contributed by atoms with Gasteiger partial charge < -0.3 is 11.1 Å². The number of hydrogen-bond acceptors (Lipinski definition) is 2. The maximum absolute atomic E-state index is 10.5. The molecule has 0 heterocycles. The van der Waals surface area contributed by atoms with Crippen molar-refractivity contribution in [2.45, 2.75) is 45.6 Å². The number of nitrogens with two attached hydrogens (primary N) is 1. The van der Waals surface area contributed by atoms with Crippen LogP contribution in [0.2, 0.25) is 0 Å². The van der Waals surface area contributed by atoms with Crippen LogP contribution >= 0.6 is 0 Å². The highest BCUT2D eigenvalue weighted by molar-refractivity contribution is 5.73. The van der Waals surface area contributed by atoms with Gasteiger partial charge in [-0.3, -0.25) is 4.79 Å². The van der Waals surface area contributed by atoms with E-state index in [0.29, 0.717) is 12.5 Å². The lowest BCUT2D eigenvalue weighted by Gasteiger charge is -2.38. The minimum absolute atomic E-state index is 0.194. The highest BCUT2D eigenvalue weighted by atomic mass is 16.1. The molecule has 1 aliphatic carbocycles. The van der Waals surface area contributed by atoms with Crippen molar-refractivity contribution in [3.63, 3.8) is 0 Å². The van der Waals surface area contributed by atoms with Gasteiger partial charge in [0.25, 0.3) is 0 Å². The van der Waals surface area contributed by atoms with Crippen molar-refractivity contribution in [2.75, 3.05) is 6.54 Å². The lowest BCUT2D eigenvalue weighted by Crippen LogP contribution is -2.43. The van der Waals surface area contributed by atoms with E-state index in [2.05, 4.69) is 19.2 Å². The number of primary amides is 1. The molecule has 0 radical (unpaired) electrons. The van der Waals surface area contributed by atoms with Gasteiger partial charge in [-0.15, -0.1) is 0 Å². The van der Waals surface area contributed by atoms with Gasteiger partial charge in [0.05, 0.1) is 0 Å². The number of nitrogens with one attached hydrogen (secondary N) is 1. The van der Waals surface area contributed by atoms with Crippen LogP contribution in [-0.4, -0.2) is 18.5 Å². The van der Waals surface area contributed by atoms with Gasteiger partial charge in [0, 0.05) is 12.5 Å². The largest absolute Gasteiger partial charge is 0.370 e. The lowest BCUT2D eigenvalue weighted by atomic mass is 9.74. The first-order valence-corrected chi connectivity index (χ1v) is 5.61. The molecule has 14 heavy (non-hydrogen) atoms. The van der Waals surface area contributed by atoms with Gasteiger partial charge >= 0.3 is 0 Å². The predicted octanol–water partition coefficient (Wildman–Crippen LogP) is 1.28. The summed E-state index contributed by atoms with van der Waals surface area (Å²) in [4.78, 5) is 10.5. The van der Waals surface area contributed by atoms with Gasteiger partial charge in [0.15, 0.2) is 0 Å². The normalized spacial score (nSPS) is 26.2. The highest BCUT2D eigenvalue weighted by Gasteiger charge is 2.30. The van der Waals surface area contributed by atoms with E-state index < -0.39 is 0 Å². The van der Waals surface area contributed by atoms with E-state index in [1.54, 1.807) is 0 Å². The quantitative estimate of drug-likeness (QED) is 0.632. The molecule has 1 aliphatic rings. The molecular weight excluding hydrogens is 176 g/mol. The Kier molecular flexibility index (Phi) is 4.39. The zero-order valence-corrected chi connectivity index (χ0v) is 9.25. The Bertz CT molecular complexity index is 186. The summed E-state index contributed by atoms with van der Waals surface area (Å²) in [6.45, 7) is 5.50. The molecule has 1 amide bonds. The fourth-order valence-corrected chi connectivity index (χ4v) is 1.94. The average Bonchev–Trinajstić information content (AvgIpc) is 1.98. The Labute approximate surface area is 86.4 Å². The van der Waals surface area contributed by atoms with Gasteiger partial charge in [-0.2, -0.15) is 0 Å². The Hall–Kier alpha value is -0.570. The molecule has 0 unspecified atom stereocenters. The zero-order valence-electron chi connectivity index (χ0n) is 9.25. The van der Waals surface area contributed by atoms with Crippen LogP contribution in [0.15, 0.2) is 0 Å². The second-order valence-electron chi connectivity index (χ2n) is 4.70. The smallest absolute Gasteiger partial charge is 0.217 e. The molecule has 1 rings (SSSR count). The number of hydrogen-bond donors (Lipinski definition) is 2. The van der Waals surface area contributed by atoms with Crippen LogP contribution in [-0.2, 0) is 4.79 Å². The monoisotopic (exact) mass is 198 g/mol. The first-order chi connectivity index (χ1) is 6.59. The SMILES string of the molecule is CC(C)C1CC(NCCCC(N)=O)C1. The summed E-state index contributed by atoms with van der Waals surface area (Å²) in [5.74, 6) is 1.53. The van der Waals surface area contributed by atoms with E-state index in [0.717, 1.165) is 24.8 Å². The molecule has 82 valence electrons. The number of amides is 1. The predicted molar refractivity (Wildman–Crippen MR) is 57.8 cm³/mol. The van der Waals surface area contributed by atoms with E-state index in [1.807, 2.05) is 0 Å². The topological polar surface area (TPSA) is 55.1 Å². The van der Waals surface area contributed by atoms with Crippen molar-refractivity contribution in [3.05, 3.63) is 0 Å². The van der Waals surface area contributed by atoms with Crippen LogP contribution in [0.5, 0.6) is 0 Å². The second-order valence-corrected chi connectivity index (χ2v) is 4.70. The first kappa shape index (κ1) is 11.5. The Morgan fingerprint density at radius 3 is 2.64 bits per heavy atom. The summed E-state index contributed by atoms with van der Waals surface area (Å²) >= 11 is 0. The Balaban J connectivity index is 1.93. The molecule has 0 aromatic heterocycles. The average molecular weight is 198 g/mol. The van der Waals surface area contributed by atoms with Crippen molar-refractivity contribution < 1.29 is 4.79 Å². The van der Waals surface area contributed by atoms with Gasteiger partial charge in [-0.25, -0.2) is 0 Å². The minimum atomic E-state index is -0.194. The Morgan fingerprint density at radius 1 is 1.50 bits per heavy atom. The van der Waals surface area contributed by atoms with Crippen LogP contribution in [0.3, 0.4) is 0 Å². The van der Waals surface area contributed by atoms with Crippen molar-refractivity contribution in [1.29, 1.82) is 0 Å². The maximum atomic E-state index is 10.5. The van der Waals surface area contributed by atoms with Crippen LogP contribution in [0.1, 0.15) is 39.5 Å². The van der Waals surface area contributed by atoms with E-state index in [4.69, 9.17) is 5.73 Å². The molecule has 0 aromatic rings. The molecule has 0 spiro atoms. The summed E-state index contributed by atoms with van der Waals surface area (Å²) in [6, 6.07) is 0.690. The molecule has 0 bridgehead atoms. The molecule has 0 aromatic carbocycles. The van der Waals surface area contributed by atoms with Crippen LogP contribution in [0.4, 0.5) is 0 Å². The van der Waals surface area contributed by atoms with Gasteiger partial charge in [0.1, 0.15) is 0 Å². The molecule has 3 N–H and O–H groups in total. The minimum Gasteiger partial charge on any atom is -0.370 e. The van der Waals surface area contributed by atoms with Crippen molar-refractivity contribution in [3.8, 4) is 0 Å². The lowest BCUT2D eigenvalue weighted by molar-refractivity contribution is -0.118. The summed E-state index contributed by atoms with van der Waals surface area (Å²) in [6.07, 6.45) is 3.98. The van der Waals surface area contributed by atoms with Gasteiger partial charge in [0.2, 0.25) is 5.91 Å². The summed E-state index contributed by atoms with van der Waals surface area (Å²) in [5, 5.41) is 3.45. The van der Waals surface area contributed by atoms with E-state index in [-0.39, 0.29) is 5.91 Å².